The van der Waals surface area contributed by atoms with Gasteiger partial charge >= 0.3 is 0 Å². The molecule has 0 saturated carbocycles. The molecule has 0 saturated heterocycles. The fraction of sp³-hybridized carbons (Fsp3) is 0.286. The topological polar surface area (TPSA) is 25.2 Å². The molecule has 2 nitrogen and oxygen atoms in total. The molecule has 1 heterocycles. The number of hydrogen-bond acceptors (Lipinski definition) is 2. The fourth-order valence-corrected chi connectivity index (χ4v) is 2.53. The Morgan fingerprint density at radius 2 is 2.11 bits per heavy atom. The number of hydrogen-bond donors (Lipinski definition) is 1. The maximum atomic E-state index is 6.26. The van der Waals surface area contributed by atoms with Gasteiger partial charge < -0.3 is 9.73 Å². The monoisotopic (exact) mass is 327 g/mol. The summed E-state index contributed by atoms with van der Waals surface area (Å²) in [5, 5.41) is 4.06. The summed E-state index contributed by atoms with van der Waals surface area (Å²) in [5.74, 6) is 0.904. The number of nitrogens with one attached hydrogen (secondary N) is 1. The van der Waals surface area contributed by atoms with Gasteiger partial charge in [0.25, 0.3) is 0 Å². The molecule has 1 atom stereocenters. The molecule has 0 spiro atoms. The third-order valence-corrected chi connectivity index (χ3v) is 3.70. The number of furan rings is 1. The Morgan fingerprint density at radius 3 is 2.67 bits per heavy atom. The van der Waals surface area contributed by atoms with Gasteiger partial charge in [-0.15, -0.1) is 0 Å². The Morgan fingerprint density at radius 1 is 1.33 bits per heavy atom. The van der Waals surface area contributed by atoms with Crippen molar-refractivity contribution in [2.75, 3.05) is 7.05 Å². The lowest BCUT2D eigenvalue weighted by Crippen LogP contribution is -2.18. The van der Waals surface area contributed by atoms with Gasteiger partial charge in [-0.1, -0.05) is 23.7 Å². The Hall–Kier alpha value is -0.770. The van der Waals surface area contributed by atoms with Crippen LogP contribution in [0.1, 0.15) is 22.9 Å². The summed E-state index contributed by atoms with van der Waals surface area (Å²) in [6, 6.07) is 10.1. The summed E-state index contributed by atoms with van der Waals surface area (Å²) >= 11 is 9.57. The van der Waals surface area contributed by atoms with Gasteiger partial charge in [0.2, 0.25) is 0 Å². The molecule has 2 rings (SSSR count). The molecule has 18 heavy (non-hydrogen) atoms. The number of halogens is 2. The number of aryl methyl sites for hydroxylation is 1. The van der Waals surface area contributed by atoms with E-state index >= 15 is 0 Å². The summed E-state index contributed by atoms with van der Waals surface area (Å²) < 4.78 is 6.33. The Kier molecular flexibility index (Phi) is 4.49. The van der Waals surface area contributed by atoms with Crippen LogP contribution in [0.25, 0.3) is 0 Å². The molecule has 1 aromatic carbocycles. The molecule has 96 valence electrons. The molecule has 0 amide bonds. The van der Waals surface area contributed by atoms with Crippen LogP contribution in [0.5, 0.6) is 0 Å². The predicted octanol–water partition coefficient (Wildman–Crippen LogP) is 4.51. The highest BCUT2D eigenvalue weighted by molar-refractivity contribution is 9.10. The van der Waals surface area contributed by atoms with Gasteiger partial charge in [0.15, 0.2) is 4.67 Å². The molecule has 1 N–H and O–H groups in total. The van der Waals surface area contributed by atoms with Crippen molar-refractivity contribution < 1.29 is 4.42 Å². The zero-order valence-corrected chi connectivity index (χ0v) is 12.7. The van der Waals surface area contributed by atoms with Gasteiger partial charge in [-0.25, -0.2) is 0 Å². The van der Waals surface area contributed by atoms with Crippen LogP contribution < -0.4 is 5.32 Å². The second-order valence-corrected chi connectivity index (χ2v) is 5.47. The van der Waals surface area contributed by atoms with E-state index in [1.54, 1.807) is 0 Å². The van der Waals surface area contributed by atoms with Crippen molar-refractivity contribution in [2.24, 2.45) is 0 Å². The second-order valence-electron chi connectivity index (χ2n) is 4.28. The predicted molar refractivity (Wildman–Crippen MR) is 78.1 cm³/mol. The van der Waals surface area contributed by atoms with E-state index in [0.717, 1.165) is 27.4 Å². The highest BCUT2D eigenvalue weighted by atomic mass is 79.9. The van der Waals surface area contributed by atoms with E-state index < -0.39 is 0 Å². The van der Waals surface area contributed by atoms with Gasteiger partial charge in [-0.3, -0.25) is 0 Å². The summed E-state index contributed by atoms with van der Waals surface area (Å²) in [6.07, 6.45) is 0.801. The SMILES string of the molecule is CNC(Cc1ccc(C)cc1Cl)c1ccc(Br)o1. The Bertz CT molecular complexity index is 538. The lowest BCUT2D eigenvalue weighted by molar-refractivity contribution is 0.417. The third kappa shape index (κ3) is 3.16. The highest BCUT2D eigenvalue weighted by Crippen LogP contribution is 2.26. The molecule has 0 fully saturated rings. The van der Waals surface area contributed by atoms with Crippen LogP contribution in [0, 0.1) is 6.92 Å². The third-order valence-electron chi connectivity index (χ3n) is 2.92. The molecular weight excluding hydrogens is 314 g/mol. The summed E-state index contributed by atoms with van der Waals surface area (Å²) in [5.41, 5.74) is 2.29. The van der Waals surface area contributed by atoms with Crippen molar-refractivity contribution in [3.8, 4) is 0 Å². The second kappa shape index (κ2) is 5.91. The first-order chi connectivity index (χ1) is 8.60. The highest BCUT2D eigenvalue weighted by Gasteiger charge is 2.15. The zero-order chi connectivity index (χ0) is 13.1. The first-order valence-corrected chi connectivity index (χ1v) is 6.95. The molecular formula is C14H15BrClNO. The summed E-state index contributed by atoms with van der Waals surface area (Å²) in [6.45, 7) is 2.04. The number of rotatable bonds is 4. The molecule has 0 aliphatic rings. The average Bonchev–Trinajstić information content (AvgIpc) is 2.75. The first kappa shape index (κ1) is 13.7. The zero-order valence-electron chi connectivity index (χ0n) is 10.3. The van der Waals surface area contributed by atoms with E-state index in [1.807, 2.05) is 32.2 Å². The quantitative estimate of drug-likeness (QED) is 0.893. The molecule has 1 aromatic heterocycles. The van der Waals surface area contributed by atoms with Gasteiger partial charge in [-0.05, 0) is 65.6 Å². The van der Waals surface area contributed by atoms with Crippen LogP contribution in [0.4, 0.5) is 0 Å². The van der Waals surface area contributed by atoms with E-state index in [0.29, 0.717) is 0 Å². The lowest BCUT2D eigenvalue weighted by atomic mass is 10.0. The van der Waals surface area contributed by atoms with E-state index in [1.165, 1.54) is 5.56 Å². The van der Waals surface area contributed by atoms with Crippen molar-refractivity contribution in [3.05, 3.63) is 56.9 Å². The van der Waals surface area contributed by atoms with Crippen LogP contribution in [0.3, 0.4) is 0 Å². The van der Waals surface area contributed by atoms with Crippen LogP contribution >= 0.6 is 27.5 Å². The van der Waals surface area contributed by atoms with E-state index in [9.17, 15) is 0 Å². The number of benzene rings is 1. The van der Waals surface area contributed by atoms with E-state index in [-0.39, 0.29) is 6.04 Å². The van der Waals surface area contributed by atoms with Crippen LogP contribution in [0.15, 0.2) is 39.4 Å². The fourth-order valence-electron chi connectivity index (χ4n) is 1.90. The summed E-state index contributed by atoms with van der Waals surface area (Å²) in [4.78, 5) is 0. The van der Waals surface area contributed by atoms with Gasteiger partial charge in [0, 0.05) is 5.02 Å². The lowest BCUT2D eigenvalue weighted by Gasteiger charge is -2.15. The Balaban J connectivity index is 2.20. The first-order valence-electron chi connectivity index (χ1n) is 5.77. The number of likely N-dealkylation sites (N-methyl/N-ethyl adjacent to an activating group) is 1. The molecule has 1 unspecified atom stereocenters. The van der Waals surface area contributed by atoms with Crippen LogP contribution in [-0.4, -0.2) is 7.05 Å². The van der Waals surface area contributed by atoms with Crippen molar-refractivity contribution in [1.82, 2.24) is 5.32 Å². The molecule has 2 aromatic rings. The van der Waals surface area contributed by atoms with E-state index in [4.69, 9.17) is 16.0 Å². The standard InChI is InChI=1S/C14H15BrClNO/c1-9-3-4-10(11(16)7-9)8-12(17-2)13-5-6-14(15)18-13/h3-7,12,17H,8H2,1-2H3. The largest absolute Gasteiger partial charge is 0.453 e. The minimum Gasteiger partial charge on any atom is -0.453 e. The van der Waals surface area contributed by atoms with Crippen molar-refractivity contribution >= 4 is 27.5 Å². The molecule has 4 heteroatoms. The van der Waals surface area contributed by atoms with Crippen molar-refractivity contribution in [2.45, 2.75) is 19.4 Å². The Labute approximate surface area is 120 Å². The van der Waals surface area contributed by atoms with Crippen LogP contribution in [-0.2, 0) is 6.42 Å². The molecule has 0 aliphatic carbocycles. The molecule has 0 aliphatic heterocycles. The smallest absolute Gasteiger partial charge is 0.169 e. The maximum Gasteiger partial charge on any atom is 0.169 e. The molecule has 0 bridgehead atoms. The van der Waals surface area contributed by atoms with Crippen molar-refractivity contribution in [3.63, 3.8) is 0 Å². The van der Waals surface area contributed by atoms with Crippen LogP contribution in [0.2, 0.25) is 5.02 Å². The van der Waals surface area contributed by atoms with Gasteiger partial charge in [0.1, 0.15) is 5.76 Å². The van der Waals surface area contributed by atoms with E-state index in [2.05, 4.69) is 33.4 Å². The average molecular weight is 329 g/mol. The molecule has 0 radical (unpaired) electrons. The minimum atomic E-state index is 0.122. The normalized spacial score (nSPS) is 12.7. The van der Waals surface area contributed by atoms with Gasteiger partial charge in [-0.2, -0.15) is 0 Å². The minimum absolute atomic E-state index is 0.122. The summed E-state index contributed by atoms with van der Waals surface area (Å²) in [7, 11) is 1.92. The maximum absolute atomic E-state index is 6.26. The van der Waals surface area contributed by atoms with Gasteiger partial charge in [0.05, 0.1) is 6.04 Å². The van der Waals surface area contributed by atoms with Crippen molar-refractivity contribution in [1.29, 1.82) is 0 Å².